The van der Waals surface area contributed by atoms with E-state index in [4.69, 9.17) is 0 Å². The molecule has 1 aromatic heterocycles. The predicted molar refractivity (Wildman–Crippen MR) is 58.7 cm³/mol. The maximum absolute atomic E-state index is 11.1. The van der Waals surface area contributed by atoms with E-state index in [1.807, 2.05) is 5.38 Å². The van der Waals surface area contributed by atoms with Crippen molar-refractivity contribution >= 4 is 17.3 Å². The summed E-state index contributed by atoms with van der Waals surface area (Å²) in [5, 5.41) is 4.18. The first-order valence-electron chi connectivity index (χ1n) is 4.88. The second-order valence-electron chi connectivity index (χ2n) is 3.28. The molecule has 0 fully saturated rings. The molecule has 0 spiro atoms. The Morgan fingerprint density at radius 2 is 2.14 bits per heavy atom. The summed E-state index contributed by atoms with van der Waals surface area (Å²) >= 11 is 1.66. The Labute approximate surface area is 88.9 Å². The van der Waals surface area contributed by atoms with Gasteiger partial charge in [0.25, 0.3) is 0 Å². The van der Waals surface area contributed by atoms with E-state index in [0.29, 0.717) is 6.42 Å². The van der Waals surface area contributed by atoms with Crippen molar-refractivity contribution in [3.63, 3.8) is 0 Å². The molecule has 0 saturated heterocycles. The summed E-state index contributed by atoms with van der Waals surface area (Å²) in [5.41, 5.74) is 2.44. The number of esters is 1. The molecule has 2 nitrogen and oxygen atoms in total. The van der Waals surface area contributed by atoms with E-state index >= 15 is 0 Å². The Balaban J connectivity index is 2.57. The second kappa shape index (κ2) is 5.81. The highest BCUT2D eigenvalue weighted by Gasteiger charge is 2.08. The van der Waals surface area contributed by atoms with Crippen LogP contribution in [0.5, 0.6) is 0 Å². The molecule has 0 N–H and O–H groups in total. The van der Waals surface area contributed by atoms with Gasteiger partial charge in [-0.25, -0.2) is 0 Å². The van der Waals surface area contributed by atoms with Crippen LogP contribution in [0.25, 0.3) is 0 Å². The summed E-state index contributed by atoms with van der Waals surface area (Å²) in [6.07, 6.45) is 3.86. The minimum absolute atomic E-state index is 0.152. The first-order chi connectivity index (χ1) is 6.77. The zero-order valence-electron chi connectivity index (χ0n) is 8.71. The van der Waals surface area contributed by atoms with Crippen molar-refractivity contribution in [1.29, 1.82) is 0 Å². The highest BCUT2D eigenvalue weighted by molar-refractivity contribution is 7.08. The van der Waals surface area contributed by atoms with Gasteiger partial charge in [-0.2, -0.15) is 11.3 Å². The van der Waals surface area contributed by atoms with Gasteiger partial charge in [0.05, 0.1) is 13.5 Å². The lowest BCUT2D eigenvalue weighted by atomic mass is 10.1. The van der Waals surface area contributed by atoms with Crippen LogP contribution < -0.4 is 0 Å². The molecule has 1 aromatic rings. The number of carbonyl (C=O) groups excluding carboxylic acids is 1. The minimum Gasteiger partial charge on any atom is -0.469 e. The Morgan fingerprint density at radius 3 is 2.79 bits per heavy atom. The Kier molecular flexibility index (Phi) is 4.66. The third-order valence-corrected chi connectivity index (χ3v) is 3.04. The van der Waals surface area contributed by atoms with Crippen LogP contribution in [-0.4, -0.2) is 13.1 Å². The molecule has 0 saturated carbocycles. The van der Waals surface area contributed by atoms with Crippen LogP contribution >= 0.6 is 11.3 Å². The number of aryl methyl sites for hydroxylation is 1. The Bertz CT molecular complexity index is 291. The molecule has 0 unspecified atom stereocenters. The molecular weight excluding hydrogens is 196 g/mol. The van der Waals surface area contributed by atoms with Crippen molar-refractivity contribution in [3.05, 3.63) is 21.9 Å². The van der Waals surface area contributed by atoms with Crippen molar-refractivity contribution in [2.75, 3.05) is 7.11 Å². The molecule has 0 bridgehead atoms. The van der Waals surface area contributed by atoms with Crippen LogP contribution in [0.1, 0.15) is 30.9 Å². The normalized spacial score (nSPS) is 10.1. The van der Waals surface area contributed by atoms with Crippen LogP contribution in [-0.2, 0) is 22.4 Å². The topological polar surface area (TPSA) is 26.3 Å². The van der Waals surface area contributed by atoms with Gasteiger partial charge in [0.2, 0.25) is 0 Å². The van der Waals surface area contributed by atoms with E-state index in [-0.39, 0.29) is 5.97 Å². The zero-order chi connectivity index (χ0) is 10.4. The summed E-state index contributed by atoms with van der Waals surface area (Å²) in [6, 6.07) is 0. The van der Waals surface area contributed by atoms with Gasteiger partial charge in [0.1, 0.15) is 0 Å². The van der Waals surface area contributed by atoms with Crippen molar-refractivity contribution in [3.8, 4) is 0 Å². The standard InChI is InChI=1S/C11H16O2S/c1-3-4-5-9-7-14-8-10(9)6-11(12)13-2/h7-8H,3-6H2,1-2H3. The van der Waals surface area contributed by atoms with E-state index in [0.717, 1.165) is 12.0 Å². The van der Waals surface area contributed by atoms with E-state index in [2.05, 4.69) is 17.0 Å². The van der Waals surface area contributed by atoms with Gasteiger partial charge < -0.3 is 4.74 Å². The molecule has 0 amide bonds. The summed E-state index contributed by atoms with van der Waals surface area (Å²) in [4.78, 5) is 11.1. The average Bonchev–Trinajstić information content (AvgIpc) is 2.62. The van der Waals surface area contributed by atoms with Crippen molar-refractivity contribution in [2.24, 2.45) is 0 Å². The summed E-state index contributed by atoms with van der Waals surface area (Å²) in [5.74, 6) is -0.152. The Morgan fingerprint density at radius 1 is 1.43 bits per heavy atom. The minimum atomic E-state index is -0.152. The number of thiophene rings is 1. The van der Waals surface area contributed by atoms with Gasteiger partial charge in [0.15, 0.2) is 0 Å². The zero-order valence-corrected chi connectivity index (χ0v) is 9.52. The van der Waals surface area contributed by atoms with Crippen molar-refractivity contribution in [1.82, 2.24) is 0 Å². The van der Waals surface area contributed by atoms with Crippen molar-refractivity contribution < 1.29 is 9.53 Å². The van der Waals surface area contributed by atoms with Crippen LogP contribution in [0.3, 0.4) is 0 Å². The highest BCUT2D eigenvalue weighted by Crippen LogP contribution is 2.18. The van der Waals surface area contributed by atoms with Gasteiger partial charge >= 0.3 is 5.97 Å². The maximum atomic E-state index is 11.1. The molecule has 0 aromatic carbocycles. The van der Waals surface area contributed by atoms with E-state index in [9.17, 15) is 4.79 Å². The number of ether oxygens (including phenoxy) is 1. The molecule has 1 heterocycles. The monoisotopic (exact) mass is 212 g/mol. The smallest absolute Gasteiger partial charge is 0.310 e. The first-order valence-corrected chi connectivity index (χ1v) is 5.83. The van der Waals surface area contributed by atoms with Crippen LogP contribution in [0.4, 0.5) is 0 Å². The van der Waals surface area contributed by atoms with E-state index < -0.39 is 0 Å². The van der Waals surface area contributed by atoms with Crippen molar-refractivity contribution in [2.45, 2.75) is 32.6 Å². The number of hydrogen-bond acceptors (Lipinski definition) is 3. The second-order valence-corrected chi connectivity index (χ2v) is 4.02. The summed E-state index contributed by atoms with van der Waals surface area (Å²) < 4.78 is 4.65. The quantitative estimate of drug-likeness (QED) is 0.701. The third kappa shape index (κ3) is 3.14. The molecule has 0 atom stereocenters. The third-order valence-electron chi connectivity index (χ3n) is 2.20. The van der Waals surface area contributed by atoms with Crippen LogP contribution in [0, 0.1) is 0 Å². The summed E-state index contributed by atoms with van der Waals surface area (Å²) in [6.45, 7) is 2.17. The van der Waals surface area contributed by atoms with Crippen LogP contribution in [0.2, 0.25) is 0 Å². The molecule has 78 valence electrons. The number of methoxy groups -OCH3 is 1. The number of hydrogen-bond donors (Lipinski definition) is 0. The molecular formula is C11H16O2S. The molecule has 1 rings (SSSR count). The SMILES string of the molecule is CCCCc1cscc1CC(=O)OC. The van der Waals surface area contributed by atoms with Gasteiger partial charge in [-0.05, 0) is 34.7 Å². The number of unbranched alkanes of at least 4 members (excludes halogenated alkanes) is 1. The molecule has 0 aliphatic heterocycles. The first kappa shape index (κ1) is 11.2. The van der Waals surface area contributed by atoms with Gasteiger partial charge in [-0.3, -0.25) is 4.79 Å². The molecule has 0 aliphatic rings. The predicted octanol–water partition coefficient (Wildman–Crippen LogP) is 2.81. The van der Waals surface area contributed by atoms with Gasteiger partial charge in [-0.1, -0.05) is 13.3 Å². The van der Waals surface area contributed by atoms with Gasteiger partial charge in [0, 0.05) is 0 Å². The lowest BCUT2D eigenvalue weighted by molar-refractivity contribution is -0.139. The number of carbonyl (C=O) groups is 1. The fourth-order valence-corrected chi connectivity index (χ4v) is 2.22. The fraction of sp³-hybridized carbons (Fsp3) is 0.545. The Hall–Kier alpha value is -0.830. The number of rotatable bonds is 5. The molecule has 3 heteroatoms. The molecule has 0 aliphatic carbocycles. The largest absolute Gasteiger partial charge is 0.469 e. The fourth-order valence-electron chi connectivity index (χ4n) is 1.32. The van der Waals surface area contributed by atoms with Crippen LogP contribution in [0.15, 0.2) is 10.8 Å². The van der Waals surface area contributed by atoms with E-state index in [1.54, 1.807) is 11.3 Å². The highest BCUT2D eigenvalue weighted by atomic mass is 32.1. The lowest BCUT2D eigenvalue weighted by Crippen LogP contribution is -2.05. The van der Waals surface area contributed by atoms with E-state index in [1.165, 1.54) is 25.5 Å². The molecule has 0 radical (unpaired) electrons. The molecule has 14 heavy (non-hydrogen) atoms. The average molecular weight is 212 g/mol. The summed E-state index contributed by atoms with van der Waals surface area (Å²) in [7, 11) is 1.43. The maximum Gasteiger partial charge on any atom is 0.310 e. The lowest BCUT2D eigenvalue weighted by Gasteiger charge is -2.01. The van der Waals surface area contributed by atoms with Gasteiger partial charge in [-0.15, -0.1) is 0 Å².